The molecule has 0 bridgehead atoms. The highest BCUT2D eigenvalue weighted by Gasteiger charge is 2.43. The van der Waals surface area contributed by atoms with Crippen LogP contribution in [0, 0.1) is 17.8 Å². The van der Waals surface area contributed by atoms with E-state index in [1.807, 2.05) is 0 Å². The minimum absolute atomic E-state index is 0.0465. The summed E-state index contributed by atoms with van der Waals surface area (Å²) in [7, 11) is 0. The molecule has 1 unspecified atom stereocenters. The standard InChI is InChI=1S/C14H22N2O3/c17-13(18)11-2-1-7-16(8-11)14(19)15-12(9-3-4-9)10-5-6-10/h9-12H,1-8H2,(H,15,19)(H,17,18). The topological polar surface area (TPSA) is 69.6 Å². The van der Waals surface area contributed by atoms with Crippen LogP contribution in [0.4, 0.5) is 4.79 Å². The number of carboxylic acids is 1. The molecular formula is C14H22N2O3. The van der Waals surface area contributed by atoms with Gasteiger partial charge in [-0.05, 0) is 50.4 Å². The van der Waals surface area contributed by atoms with E-state index in [2.05, 4.69) is 5.32 Å². The summed E-state index contributed by atoms with van der Waals surface area (Å²) in [6.07, 6.45) is 6.42. The lowest BCUT2D eigenvalue weighted by atomic mass is 9.98. The number of hydrogen-bond donors (Lipinski definition) is 2. The van der Waals surface area contributed by atoms with E-state index in [0.29, 0.717) is 37.4 Å². The molecule has 5 nitrogen and oxygen atoms in total. The molecule has 2 saturated carbocycles. The second-order valence-electron chi connectivity index (χ2n) is 6.27. The van der Waals surface area contributed by atoms with Crippen LogP contribution in [0.1, 0.15) is 38.5 Å². The van der Waals surface area contributed by atoms with E-state index < -0.39 is 5.97 Å². The van der Waals surface area contributed by atoms with Gasteiger partial charge in [0.15, 0.2) is 0 Å². The van der Waals surface area contributed by atoms with Crippen molar-refractivity contribution >= 4 is 12.0 Å². The van der Waals surface area contributed by atoms with Gasteiger partial charge in [0.2, 0.25) is 0 Å². The van der Waals surface area contributed by atoms with Crippen molar-refractivity contribution in [3.05, 3.63) is 0 Å². The van der Waals surface area contributed by atoms with Crippen molar-refractivity contribution in [2.24, 2.45) is 17.8 Å². The van der Waals surface area contributed by atoms with Crippen LogP contribution in [0.2, 0.25) is 0 Å². The fourth-order valence-electron chi connectivity index (χ4n) is 3.13. The number of nitrogens with one attached hydrogen (secondary N) is 1. The molecule has 3 aliphatic rings. The molecule has 3 fully saturated rings. The van der Waals surface area contributed by atoms with Crippen LogP contribution < -0.4 is 5.32 Å². The lowest BCUT2D eigenvalue weighted by Gasteiger charge is -2.32. The third-order valence-electron chi connectivity index (χ3n) is 4.61. The zero-order chi connectivity index (χ0) is 13.4. The van der Waals surface area contributed by atoms with Crippen LogP contribution in [0.15, 0.2) is 0 Å². The first kappa shape index (κ1) is 12.8. The Balaban J connectivity index is 1.55. The Morgan fingerprint density at radius 1 is 1.11 bits per heavy atom. The van der Waals surface area contributed by atoms with Gasteiger partial charge in [0.1, 0.15) is 0 Å². The van der Waals surface area contributed by atoms with E-state index in [1.165, 1.54) is 25.7 Å². The zero-order valence-corrected chi connectivity index (χ0v) is 11.2. The highest BCUT2D eigenvalue weighted by Crippen LogP contribution is 2.44. The Bertz CT molecular complexity index is 365. The van der Waals surface area contributed by atoms with Gasteiger partial charge in [0.05, 0.1) is 5.92 Å². The summed E-state index contributed by atoms with van der Waals surface area (Å²) in [6, 6.07) is 0.299. The van der Waals surface area contributed by atoms with Gasteiger partial charge in [-0.3, -0.25) is 4.79 Å². The van der Waals surface area contributed by atoms with Gasteiger partial charge in [0, 0.05) is 19.1 Å². The SMILES string of the molecule is O=C(O)C1CCCN(C(=O)NC(C2CC2)C2CC2)C1. The van der Waals surface area contributed by atoms with Gasteiger partial charge >= 0.3 is 12.0 Å². The van der Waals surface area contributed by atoms with Gasteiger partial charge in [0.25, 0.3) is 0 Å². The largest absolute Gasteiger partial charge is 0.481 e. The molecule has 0 aromatic heterocycles. The smallest absolute Gasteiger partial charge is 0.317 e. The molecule has 0 aromatic carbocycles. The maximum absolute atomic E-state index is 12.3. The number of likely N-dealkylation sites (tertiary alicyclic amines) is 1. The van der Waals surface area contributed by atoms with Gasteiger partial charge in [-0.25, -0.2) is 4.79 Å². The second-order valence-corrected chi connectivity index (χ2v) is 6.27. The Morgan fingerprint density at radius 2 is 1.74 bits per heavy atom. The maximum atomic E-state index is 12.3. The molecule has 106 valence electrons. The van der Waals surface area contributed by atoms with E-state index in [4.69, 9.17) is 5.11 Å². The van der Waals surface area contributed by atoms with Crippen LogP contribution in [0.5, 0.6) is 0 Å². The molecule has 19 heavy (non-hydrogen) atoms. The summed E-state index contributed by atoms with van der Waals surface area (Å²) >= 11 is 0. The molecule has 5 heteroatoms. The molecule has 0 radical (unpaired) electrons. The number of rotatable bonds is 4. The average molecular weight is 266 g/mol. The molecule has 1 heterocycles. The second kappa shape index (κ2) is 5.02. The van der Waals surface area contributed by atoms with Crippen molar-refractivity contribution in [1.82, 2.24) is 10.2 Å². The fraction of sp³-hybridized carbons (Fsp3) is 0.857. The summed E-state index contributed by atoms with van der Waals surface area (Å²) in [5.74, 6) is 0.186. The number of hydrogen-bond acceptors (Lipinski definition) is 2. The summed E-state index contributed by atoms with van der Waals surface area (Å²) < 4.78 is 0. The van der Waals surface area contributed by atoms with Gasteiger partial charge in [-0.2, -0.15) is 0 Å². The average Bonchev–Trinajstić information content (AvgIpc) is 3.29. The highest BCUT2D eigenvalue weighted by atomic mass is 16.4. The third kappa shape index (κ3) is 3.01. The lowest BCUT2D eigenvalue weighted by molar-refractivity contribution is -0.143. The zero-order valence-electron chi connectivity index (χ0n) is 11.2. The minimum atomic E-state index is -0.779. The number of aliphatic carboxylic acids is 1. The normalized spacial score (nSPS) is 27.4. The molecule has 2 aliphatic carbocycles. The molecule has 1 aliphatic heterocycles. The first-order valence-corrected chi connectivity index (χ1v) is 7.43. The minimum Gasteiger partial charge on any atom is -0.481 e. The number of nitrogens with zero attached hydrogens (tertiary/aromatic N) is 1. The van der Waals surface area contributed by atoms with Gasteiger partial charge in [-0.1, -0.05) is 0 Å². The molecule has 0 aromatic rings. The third-order valence-corrected chi connectivity index (χ3v) is 4.61. The van der Waals surface area contributed by atoms with Crippen molar-refractivity contribution in [1.29, 1.82) is 0 Å². The first-order valence-electron chi connectivity index (χ1n) is 7.43. The molecule has 3 rings (SSSR count). The highest BCUT2D eigenvalue weighted by molar-refractivity contribution is 5.77. The number of carbonyl (C=O) groups excluding carboxylic acids is 1. The number of carbonyl (C=O) groups is 2. The molecule has 1 atom stereocenters. The molecular weight excluding hydrogens is 244 g/mol. The van der Waals surface area contributed by atoms with Crippen LogP contribution in [0.3, 0.4) is 0 Å². The summed E-state index contributed by atoms with van der Waals surface area (Å²) in [5, 5.41) is 12.2. The Hall–Kier alpha value is -1.26. The van der Waals surface area contributed by atoms with Crippen LogP contribution in [0.25, 0.3) is 0 Å². The van der Waals surface area contributed by atoms with Gasteiger partial charge < -0.3 is 15.3 Å². The van der Waals surface area contributed by atoms with E-state index in [0.717, 1.165) is 6.42 Å². The summed E-state index contributed by atoms with van der Waals surface area (Å²) in [5.41, 5.74) is 0. The van der Waals surface area contributed by atoms with Crippen molar-refractivity contribution in [2.45, 2.75) is 44.6 Å². The van der Waals surface area contributed by atoms with Crippen LogP contribution >= 0.6 is 0 Å². The van der Waals surface area contributed by atoms with Crippen molar-refractivity contribution in [3.8, 4) is 0 Å². The van der Waals surface area contributed by atoms with Crippen molar-refractivity contribution < 1.29 is 14.7 Å². The predicted molar refractivity (Wildman–Crippen MR) is 69.7 cm³/mol. The van der Waals surface area contributed by atoms with E-state index in [9.17, 15) is 9.59 Å². The first-order chi connectivity index (χ1) is 9.15. The molecule has 2 N–H and O–H groups in total. The number of urea groups is 1. The Kier molecular flexibility index (Phi) is 3.37. The molecule has 1 saturated heterocycles. The number of piperidine rings is 1. The summed E-state index contributed by atoms with van der Waals surface area (Å²) in [6.45, 7) is 1.06. The molecule has 0 spiro atoms. The van der Waals surface area contributed by atoms with Crippen LogP contribution in [-0.2, 0) is 4.79 Å². The number of amides is 2. The quantitative estimate of drug-likeness (QED) is 0.813. The van der Waals surface area contributed by atoms with E-state index in [-0.39, 0.29) is 11.9 Å². The van der Waals surface area contributed by atoms with E-state index in [1.54, 1.807) is 4.90 Å². The Labute approximate surface area is 113 Å². The number of carboxylic acid groups (broad SMARTS) is 1. The monoisotopic (exact) mass is 266 g/mol. The van der Waals surface area contributed by atoms with Crippen molar-refractivity contribution in [2.75, 3.05) is 13.1 Å². The fourth-order valence-corrected chi connectivity index (χ4v) is 3.13. The predicted octanol–water partition coefficient (Wildman–Crippen LogP) is 1.68. The molecule has 2 amide bonds. The summed E-state index contributed by atoms with van der Waals surface area (Å²) in [4.78, 5) is 25.0. The van der Waals surface area contributed by atoms with Gasteiger partial charge in [-0.15, -0.1) is 0 Å². The van der Waals surface area contributed by atoms with E-state index >= 15 is 0 Å². The Morgan fingerprint density at radius 3 is 2.26 bits per heavy atom. The maximum Gasteiger partial charge on any atom is 0.317 e. The lowest BCUT2D eigenvalue weighted by Crippen LogP contribution is -2.50. The van der Waals surface area contributed by atoms with Crippen molar-refractivity contribution in [3.63, 3.8) is 0 Å². The van der Waals surface area contributed by atoms with Crippen LogP contribution in [-0.4, -0.2) is 41.1 Å².